The van der Waals surface area contributed by atoms with E-state index in [4.69, 9.17) is 0 Å². The van der Waals surface area contributed by atoms with Gasteiger partial charge in [0.25, 0.3) is 0 Å². The minimum absolute atomic E-state index is 0.255. The lowest BCUT2D eigenvalue weighted by Crippen LogP contribution is -2.51. The van der Waals surface area contributed by atoms with Crippen molar-refractivity contribution in [1.29, 1.82) is 0 Å². The van der Waals surface area contributed by atoms with Gasteiger partial charge in [0.2, 0.25) is 5.91 Å². The van der Waals surface area contributed by atoms with Crippen molar-refractivity contribution in [2.24, 2.45) is 0 Å². The predicted octanol–water partition coefficient (Wildman–Crippen LogP) is 3.59. The van der Waals surface area contributed by atoms with Crippen molar-refractivity contribution in [2.75, 3.05) is 26.2 Å². The lowest BCUT2D eigenvalue weighted by atomic mass is 9.94. The molecule has 1 aromatic heterocycles. The predicted molar refractivity (Wildman–Crippen MR) is 104 cm³/mol. The summed E-state index contributed by atoms with van der Waals surface area (Å²) < 4.78 is 1.06. The van der Waals surface area contributed by atoms with Gasteiger partial charge in [0.1, 0.15) is 0 Å². The highest BCUT2D eigenvalue weighted by molar-refractivity contribution is 9.10. The van der Waals surface area contributed by atoms with E-state index in [9.17, 15) is 4.79 Å². The molecule has 2 aliphatic rings. The van der Waals surface area contributed by atoms with E-state index in [-0.39, 0.29) is 5.41 Å². The molecule has 1 aliphatic heterocycles. The van der Waals surface area contributed by atoms with Crippen LogP contribution in [0, 0.1) is 6.92 Å². The topological polar surface area (TPSA) is 36.4 Å². The monoisotopic (exact) mass is 419 g/mol. The zero-order chi connectivity index (χ0) is 17.4. The van der Waals surface area contributed by atoms with Crippen LogP contribution >= 0.6 is 27.3 Å². The summed E-state index contributed by atoms with van der Waals surface area (Å²) >= 11 is 5.18. The fourth-order valence-corrected chi connectivity index (χ4v) is 4.51. The van der Waals surface area contributed by atoms with Gasteiger partial charge in [0.15, 0.2) is 0 Å². The van der Waals surface area contributed by atoms with Gasteiger partial charge in [0, 0.05) is 42.6 Å². The number of hydrogen-bond acceptors (Lipinski definition) is 4. The van der Waals surface area contributed by atoms with Gasteiger partial charge < -0.3 is 4.90 Å². The number of carbonyl (C=O) groups excluding carboxylic acids is 1. The van der Waals surface area contributed by atoms with E-state index in [1.165, 1.54) is 5.56 Å². The fraction of sp³-hybridized carbons (Fsp3) is 0.474. The first-order chi connectivity index (χ1) is 12.1. The molecule has 1 aromatic carbocycles. The number of hydrogen-bond donors (Lipinski definition) is 0. The molecule has 0 N–H and O–H groups in total. The van der Waals surface area contributed by atoms with Crippen LogP contribution in [0.5, 0.6) is 0 Å². The van der Waals surface area contributed by atoms with Crippen LogP contribution in [0.15, 0.2) is 34.1 Å². The molecule has 4 rings (SSSR count). The summed E-state index contributed by atoms with van der Waals surface area (Å²) in [5.41, 5.74) is 2.06. The van der Waals surface area contributed by atoms with Crippen molar-refractivity contribution in [3.05, 3.63) is 50.4 Å². The molecule has 0 bridgehead atoms. The van der Waals surface area contributed by atoms with Crippen molar-refractivity contribution in [2.45, 2.75) is 31.7 Å². The maximum atomic E-state index is 13.1. The van der Waals surface area contributed by atoms with Crippen LogP contribution in [-0.4, -0.2) is 46.9 Å². The van der Waals surface area contributed by atoms with Crippen LogP contribution in [0.1, 0.15) is 29.1 Å². The zero-order valence-corrected chi connectivity index (χ0v) is 16.8. The van der Waals surface area contributed by atoms with Gasteiger partial charge in [-0.1, -0.05) is 28.1 Å². The Morgan fingerprint density at radius 1 is 1.20 bits per heavy atom. The molecule has 25 heavy (non-hydrogen) atoms. The normalized spacial score (nSPS) is 19.8. The number of carbonyl (C=O) groups is 1. The smallest absolute Gasteiger partial charge is 0.233 e. The molecular weight excluding hydrogens is 398 g/mol. The molecule has 0 radical (unpaired) electrons. The van der Waals surface area contributed by atoms with Crippen LogP contribution in [-0.2, 0) is 16.8 Å². The lowest BCUT2D eigenvalue weighted by molar-refractivity contribution is -0.135. The van der Waals surface area contributed by atoms with Crippen LogP contribution in [0.4, 0.5) is 0 Å². The number of aromatic nitrogens is 1. The molecule has 4 nitrogen and oxygen atoms in total. The van der Waals surface area contributed by atoms with Gasteiger partial charge in [-0.15, -0.1) is 11.3 Å². The molecule has 2 fully saturated rings. The summed E-state index contributed by atoms with van der Waals surface area (Å²) in [6, 6.07) is 8.26. The first-order valence-electron chi connectivity index (χ1n) is 8.76. The van der Waals surface area contributed by atoms with Gasteiger partial charge in [-0.25, -0.2) is 4.98 Å². The Balaban J connectivity index is 1.37. The van der Waals surface area contributed by atoms with Gasteiger partial charge in [-0.2, -0.15) is 0 Å². The average Bonchev–Trinajstić information content (AvgIpc) is 3.33. The SMILES string of the molecule is Cc1nc(CN2CCN(C(=O)C3(c4ccc(Br)cc4)CC3)CC2)cs1. The second-order valence-corrected chi connectivity index (χ2v) is 8.99. The quantitative estimate of drug-likeness (QED) is 0.759. The first-order valence-corrected chi connectivity index (χ1v) is 10.4. The fourth-order valence-electron chi connectivity index (χ4n) is 3.64. The minimum Gasteiger partial charge on any atom is -0.339 e. The van der Waals surface area contributed by atoms with Crippen molar-refractivity contribution in [3.8, 4) is 0 Å². The van der Waals surface area contributed by atoms with Crippen molar-refractivity contribution >= 4 is 33.2 Å². The Morgan fingerprint density at radius 3 is 2.44 bits per heavy atom. The van der Waals surface area contributed by atoms with E-state index in [2.05, 4.69) is 48.2 Å². The van der Waals surface area contributed by atoms with Crippen molar-refractivity contribution in [1.82, 2.24) is 14.8 Å². The van der Waals surface area contributed by atoms with Gasteiger partial charge in [-0.3, -0.25) is 9.69 Å². The van der Waals surface area contributed by atoms with E-state index >= 15 is 0 Å². The molecule has 1 amide bonds. The highest BCUT2D eigenvalue weighted by Gasteiger charge is 2.53. The Hall–Kier alpha value is -1.24. The highest BCUT2D eigenvalue weighted by Crippen LogP contribution is 2.49. The van der Waals surface area contributed by atoms with Crippen molar-refractivity contribution < 1.29 is 4.79 Å². The second kappa shape index (κ2) is 6.82. The number of thiazole rings is 1. The number of nitrogens with zero attached hydrogens (tertiary/aromatic N) is 3. The van der Waals surface area contributed by atoms with E-state index in [0.717, 1.165) is 60.7 Å². The molecule has 1 saturated carbocycles. The molecule has 132 valence electrons. The van der Waals surface area contributed by atoms with E-state index in [0.29, 0.717) is 5.91 Å². The molecule has 1 saturated heterocycles. The number of piperazine rings is 1. The summed E-state index contributed by atoms with van der Waals surface area (Å²) in [7, 11) is 0. The van der Waals surface area contributed by atoms with Crippen LogP contribution in [0.25, 0.3) is 0 Å². The highest BCUT2D eigenvalue weighted by atomic mass is 79.9. The Morgan fingerprint density at radius 2 is 1.88 bits per heavy atom. The zero-order valence-electron chi connectivity index (χ0n) is 14.4. The molecule has 2 heterocycles. The third-order valence-corrected chi connectivity index (χ3v) is 6.62. The van der Waals surface area contributed by atoms with E-state index in [1.807, 2.05) is 19.1 Å². The Bertz CT molecular complexity index is 761. The molecule has 0 spiro atoms. The molecule has 6 heteroatoms. The van der Waals surface area contributed by atoms with Crippen LogP contribution in [0.2, 0.25) is 0 Å². The average molecular weight is 420 g/mol. The van der Waals surface area contributed by atoms with Crippen LogP contribution in [0.3, 0.4) is 0 Å². The summed E-state index contributed by atoms with van der Waals surface area (Å²) in [6.07, 6.45) is 1.96. The van der Waals surface area contributed by atoms with E-state index in [1.54, 1.807) is 11.3 Å². The third kappa shape index (κ3) is 3.52. The summed E-state index contributed by atoms with van der Waals surface area (Å²) in [5.74, 6) is 0.318. The summed E-state index contributed by atoms with van der Waals surface area (Å²) in [5, 5.41) is 3.26. The molecule has 1 aliphatic carbocycles. The number of aryl methyl sites for hydroxylation is 1. The Kier molecular flexibility index (Phi) is 4.69. The molecular formula is C19H22BrN3OS. The van der Waals surface area contributed by atoms with Gasteiger partial charge in [0.05, 0.1) is 16.1 Å². The number of amides is 1. The second-order valence-electron chi connectivity index (χ2n) is 7.02. The first kappa shape index (κ1) is 17.2. The minimum atomic E-state index is -0.255. The molecule has 0 unspecified atom stereocenters. The maximum absolute atomic E-state index is 13.1. The largest absolute Gasteiger partial charge is 0.339 e. The number of halogens is 1. The maximum Gasteiger partial charge on any atom is 0.233 e. The van der Waals surface area contributed by atoms with Gasteiger partial charge in [-0.05, 0) is 37.5 Å². The lowest BCUT2D eigenvalue weighted by Gasteiger charge is -2.36. The van der Waals surface area contributed by atoms with E-state index < -0.39 is 0 Å². The van der Waals surface area contributed by atoms with Crippen molar-refractivity contribution in [3.63, 3.8) is 0 Å². The molecule has 0 atom stereocenters. The number of rotatable bonds is 4. The summed E-state index contributed by atoms with van der Waals surface area (Å²) in [4.78, 5) is 22.1. The van der Waals surface area contributed by atoms with Crippen LogP contribution < -0.4 is 0 Å². The standard InChI is InChI=1S/C19H22BrN3OS/c1-14-21-17(13-25-14)12-22-8-10-23(11-9-22)18(24)19(6-7-19)15-2-4-16(20)5-3-15/h2-5,13H,6-12H2,1H3. The Labute approximate surface area is 161 Å². The molecule has 2 aromatic rings. The van der Waals surface area contributed by atoms with Gasteiger partial charge >= 0.3 is 0 Å². The summed E-state index contributed by atoms with van der Waals surface area (Å²) in [6.45, 7) is 6.43. The third-order valence-electron chi connectivity index (χ3n) is 5.27. The number of benzene rings is 1.